The molecule has 0 unspecified atom stereocenters. The standard InChI is InChI=1S/C2H6Br2N2/c3-2(4,6)1-5/h1,5-6H2. The van der Waals surface area contributed by atoms with E-state index in [-0.39, 0.29) is 0 Å². The van der Waals surface area contributed by atoms with Gasteiger partial charge in [0.05, 0.1) is 0 Å². The molecule has 6 heavy (non-hydrogen) atoms. The summed E-state index contributed by atoms with van der Waals surface area (Å²) in [4.78, 5) is 0. The number of nitrogens with two attached hydrogens (primary N) is 2. The van der Waals surface area contributed by atoms with Crippen LogP contribution in [0.3, 0.4) is 0 Å². The average molecular weight is 218 g/mol. The molecule has 4 heteroatoms. The molecular weight excluding hydrogens is 212 g/mol. The van der Waals surface area contributed by atoms with Crippen LogP contribution < -0.4 is 11.5 Å². The monoisotopic (exact) mass is 216 g/mol. The largest absolute Gasteiger partial charge is 0.327 e. The van der Waals surface area contributed by atoms with Crippen molar-refractivity contribution in [3.63, 3.8) is 0 Å². The number of hydrogen-bond acceptors (Lipinski definition) is 2. The molecule has 0 radical (unpaired) electrons. The number of alkyl halides is 2. The minimum Gasteiger partial charge on any atom is -0.327 e. The number of hydrogen-bond donors (Lipinski definition) is 2. The zero-order valence-corrected chi connectivity index (χ0v) is 6.29. The molecule has 0 saturated carbocycles. The second kappa shape index (κ2) is 2.26. The molecule has 4 N–H and O–H groups in total. The lowest BCUT2D eigenvalue weighted by molar-refractivity contribution is 0.884. The van der Waals surface area contributed by atoms with Crippen molar-refractivity contribution in [1.82, 2.24) is 0 Å². The molecule has 0 aromatic carbocycles. The van der Waals surface area contributed by atoms with Gasteiger partial charge < -0.3 is 11.5 Å². The quantitative estimate of drug-likeness (QED) is 0.492. The van der Waals surface area contributed by atoms with Crippen LogP contribution in [0.5, 0.6) is 0 Å². The van der Waals surface area contributed by atoms with Crippen LogP contribution in [0.15, 0.2) is 0 Å². The molecule has 0 bridgehead atoms. The Bertz CT molecular complexity index is 39.3. The maximum Gasteiger partial charge on any atom is 0.140 e. The van der Waals surface area contributed by atoms with Gasteiger partial charge in [-0.2, -0.15) is 0 Å². The summed E-state index contributed by atoms with van der Waals surface area (Å²) in [6.45, 7) is 0.382. The Morgan fingerprint density at radius 1 is 1.50 bits per heavy atom. The first-order valence-electron chi connectivity index (χ1n) is 1.43. The molecule has 0 aliphatic carbocycles. The Labute approximate surface area is 53.5 Å². The highest BCUT2D eigenvalue weighted by atomic mass is 79.9. The third-order valence-corrected chi connectivity index (χ3v) is 0.920. The van der Waals surface area contributed by atoms with Crippen molar-refractivity contribution in [3.05, 3.63) is 0 Å². The molecule has 0 saturated heterocycles. The Kier molecular flexibility index (Phi) is 2.59. The average Bonchev–Trinajstić information content (AvgIpc) is 1.35. The molecule has 0 aromatic rings. The maximum absolute atomic E-state index is 5.24. The number of rotatable bonds is 1. The minimum absolute atomic E-state index is 0.382. The smallest absolute Gasteiger partial charge is 0.140 e. The van der Waals surface area contributed by atoms with E-state index in [0.717, 1.165) is 0 Å². The summed E-state index contributed by atoms with van der Waals surface area (Å²) >= 11 is 6.09. The summed E-state index contributed by atoms with van der Waals surface area (Å²) in [5.74, 6) is 0. The summed E-state index contributed by atoms with van der Waals surface area (Å²) in [7, 11) is 0. The van der Waals surface area contributed by atoms with Crippen molar-refractivity contribution >= 4 is 31.9 Å². The fraction of sp³-hybridized carbons (Fsp3) is 1.00. The lowest BCUT2D eigenvalue weighted by Crippen LogP contribution is -2.33. The molecule has 0 atom stereocenters. The maximum atomic E-state index is 5.24. The van der Waals surface area contributed by atoms with Crippen LogP contribution in [0, 0.1) is 0 Å². The molecule has 0 aliphatic heterocycles. The molecule has 0 amide bonds. The molecule has 0 fully saturated rings. The zero-order valence-electron chi connectivity index (χ0n) is 3.12. The fourth-order valence-electron chi connectivity index (χ4n) is 0. The van der Waals surface area contributed by atoms with E-state index in [0.29, 0.717) is 6.54 Å². The molecular formula is C2H6Br2N2. The Morgan fingerprint density at radius 2 is 1.67 bits per heavy atom. The van der Waals surface area contributed by atoms with Crippen LogP contribution in [0.25, 0.3) is 0 Å². The van der Waals surface area contributed by atoms with Gasteiger partial charge in [-0.25, -0.2) is 0 Å². The topological polar surface area (TPSA) is 52.0 Å². The Morgan fingerprint density at radius 3 is 1.67 bits per heavy atom. The minimum atomic E-state index is -0.556. The highest BCUT2D eigenvalue weighted by molar-refractivity contribution is 9.25. The lowest BCUT2D eigenvalue weighted by Gasteiger charge is -2.07. The second-order valence-electron chi connectivity index (χ2n) is 0.965. The van der Waals surface area contributed by atoms with Gasteiger partial charge in [0, 0.05) is 6.54 Å². The molecule has 38 valence electrons. The summed E-state index contributed by atoms with van der Waals surface area (Å²) in [5.41, 5.74) is 10.3. The lowest BCUT2D eigenvalue weighted by atomic mass is 10.7. The van der Waals surface area contributed by atoms with Crippen LogP contribution in [0.4, 0.5) is 0 Å². The van der Waals surface area contributed by atoms with Gasteiger partial charge in [0.2, 0.25) is 0 Å². The van der Waals surface area contributed by atoms with Crippen LogP contribution >= 0.6 is 31.9 Å². The predicted octanol–water partition coefficient (Wildman–Crippen LogP) is 0.347. The van der Waals surface area contributed by atoms with Gasteiger partial charge >= 0.3 is 0 Å². The third kappa shape index (κ3) is 4.88. The third-order valence-electron chi connectivity index (χ3n) is 0.272. The van der Waals surface area contributed by atoms with Crippen LogP contribution in [0.2, 0.25) is 0 Å². The van der Waals surface area contributed by atoms with E-state index >= 15 is 0 Å². The van der Waals surface area contributed by atoms with E-state index in [1.165, 1.54) is 0 Å². The summed E-state index contributed by atoms with van der Waals surface area (Å²) in [6, 6.07) is 0. The molecule has 2 nitrogen and oxygen atoms in total. The number of halogens is 2. The molecule has 0 aliphatic rings. The molecule has 0 rings (SSSR count). The predicted molar refractivity (Wildman–Crippen MR) is 33.8 cm³/mol. The van der Waals surface area contributed by atoms with Crippen molar-refractivity contribution in [2.45, 2.75) is 3.36 Å². The van der Waals surface area contributed by atoms with Gasteiger partial charge in [-0.15, -0.1) is 0 Å². The summed E-state index contributed by atoms with van der Waals surface area (Å²) < 4.78 is -0.556. The highest BCUT2D eigenvalue weighted by Crippen LogP contribution is 2.15. The van der Waals surface area contributed by atoms with Crippen molar-refractivity contribution in [1.29, 1.82) is 0 Å². The van der Waals surface area contributed by atoms with Gasteiger partial charge in [0.15, 0.2) is 0 Å². The Hall–Kier alpha value is 0.880. The van der Waals surface area contributed by atoms with E-state index in [1.807, 2.05) is 0 Å². The SMILES string of the molecule is NCC(N)(Br)Br. The molecule has 0 aromatic heterocycles. The van der Waals surface area contributed by atoms with Gasteiger partial charge in [0.25, 0.3) is 0 Å². The van der Waals surface area contributed by atoms with Crippen LogP contribution in [-0.2, 0) is 0 Å². The van der Waals surface area contributed by atoms with E-state index < -0.39 is 3.36 Å². The summed E-state index contributed by atoms with van der Waals surface area (Å²) in [5, 5.41) is 0. The van der Waals surface area contributed by atoms with Crippen molar-refractivity contribution in [2.75, 3.05) is 6.54 Å². The zero-order chi connectivity index (χ0) is 5.21. The Balaban J connectivity index is 3.17. The highest BCUT2D eigenvalue weighted by Gasteiger charge is 2.10. The van der Waals surface area contributed by atoms with Crippen molar-refractivity contribution in [3.8, 4) is 0 Å². The first kappa shape index (κ1) is 6.88. The fourth-order valence-corrected chi connectivity index (χ4v) is 0. The van der Waals surface area contributed by atoms with Gasteiger partial charge in [0.1, 0.15) is 3.36 Å². The van der Waals surface area contributed by atoms with Gasteiger partial charge in [-0.3, -0.25) is 0 Å². The first-order chi connectivity index (χ1) is 2.56. The van der Waals surface area contributed by atoms with Crippen molar-refractivity contribution < 1.29 is 0 Å². The molecule has 0 heterocycles. The summed E-state index contributed by atoms with van der Waals surface area (Å²) in [6.07, 6.45) is 0. The second-order valence-corrected chi connectivity index (χ2v) is 4.86. The van der Waals surface area contributed by atoms with Crippen molar-refractivity contribution in [2.24, 2.45) is 11.5 Å². The van der Waals surface area contributed by atoms with E-state index in [9.17, 15) is 0 Å². The van der Waals surface area contributed by atoms with Gasteiger partial charge in [-0.05, 0) is 0 Å². The first-order valence-corrected chi connectivity index (χ1v) is 3.01. The van der Waals surface area contributed by atoms with E-state index in [4.69, 9.17) is 11.5 Å². The van der Waals surface area contributed by atoms with E-state index in [1.54, 1.807) is 0 Å². The normalized spacial score (nSPS) is 12.0. The van der Waals surface area contributed by atoms with Crippen LogP contribution in [0.1, 0.15) is 0 Å². The molecule has 0 spiro atoms. The van der Waals surface area contributed by atoms with Crippen LogP contribution in [-0.4, -0.2) is 9.90 Å². The van der Waals surface area contributed by atoms with Gasteiger partial charge in [-0.1, -0.05) is 31.9 Å². The van der Waals surface area contributed by atoms with E-state index in [2.05, 4.69) is 31.9 Å².